The minimum atomic E-state index is 0. The first-order chi connectivity index (χ1) is 16.7. The van der Waals surface area contributed by atoms with Crippen LogP contribution in [-0.4, -0.2) is 37.5 Å². The minimum absolute atomic E-state index is 0. The van der Waals surface area contributed by atoms with E-state index >= 15 is 0 Å². The first kappa shape index (κ1) is 37.3. The number of unbranched alkanes of at least 4 members (excludes halogenated alkanes) is 18. The Kier molecular flexibility index (Phi) is 32.4. The summed E-state index contributed by atoms with van der Waals surface area (Å²) in [6.07, 6.45) is 30.1. The smallest absolute Gasteiger partial charge is 0.105 e. The predicted octanol–water partition coefficient (Wildman–Crippen LogP) is 10.7. The van der Waals surface area contributed by atoms with Crippen molar-refractivity contribution >= 4 is 12.4 Å². The predicted molar refractivity (Wildman–Crippen MR) is 159 cm³/mol. The molecule has 2 atom stereocenters. The molecule has 0 amide bonds. The van der Waals surface area contributed by atoms with E-state index in [0.717, 1.165) is 19.6 Å². The highest BCUT2D eigenvalue weighted by Crippen LogP contribution is 2.17. The third-order valence-corrected chi connectivity index (χ3v) is 7.14. The standard InChI is InChI=1S/C31H65NO2.ClH/c1-6-9-12-14-15-16-17-18-19-20-21-22-24-26-29-33-30(4)31(27-25-23-13-10-7-2)34-32(5)28-11-8-3;/h30-31H,6-29H2,1-5H3;1H. The van der Waals surface area contributed by atoms with Gasteiger partial charge in [-0.3, -0.25) is 4.84 Å². The molecule has 35 heavy (non-hydrogen) atoms. The number of halogens is 1. The van der Waals surface area contributed by atoms with Crippen molar-refractivity contribution in [3.8, 4) is 0 Å². The van der Waals surface area contributed by atoms with E-state index < -0.39 is 0 Å². The van der Waals surface area contributed by atoms with E-state index in [4.69, 9.17) is 9.57 Å². The summed E-state index contributed by atoms with van der Waals surface area (Å²) in [4.78, 5) is 6.30. The zero-order chi connectivity index (χ0) is 25.1. The van der Waals surface area contributed by atoms with Crippen molar-refractivity contribution in [1.29, 1.82) is 0 Å². The van der Waals surface area contributed by atoms with Gasteiger partial charge in [0.2, 0.25) is 0 Å². The quantitative estimate of drug-likeness (QED) is 0.0757. The molecule has 0 aliphatic rings. The summed E-state index contributed by atoms with van der Waals surface area (Å²) < 4.78 is 6.24. The van der Waals surface area contributed by atoms with Crippen molar-refractivity contribution in [2.24, 2.45) is 0 Å². The number of hydroxylamine groups is 2. The molecule has 0 aromatic heterocycles. The van der Waals surface area contributed by atoms with Crippen LogP contribution >= 0.6 is 12.4 Å². The topological polar surface area (TPSA) is 21.7 Å². The van der Waals surface area contributed by atoms with Gasteiger partial charge in [0, 0.05) is 20.2 Å². The van der Waals surface area contributed by atoms with Crippen LogP contribution in [0.3, 0.4) is 0 Å². The molecule has 0 aliphatic carbocycles. The molecule has 3 nitrogen and oxygen atoms in total. The molecule has 0 aliphatic heterocycles. The largest absolute Gasteiger partial charge is 0.376 e. The molecule has 0 heterocycles. The van der Waals surface area contributed by atoms with Gasteiger partial charge in [0.15, 0.2) is 0 Å². The number of hydrogen-bond donors (Lipinski definition) is 0. The van der Waals surface area contributed by atoms with E-state index in [2.05, 4.69) is 34.7 Å². The molecule has 2 unspecified atom stereocenters. The Morgan fingerprint density at radius 3 is 1.40 bits per heavy atom. The Hall–Kier alpha value is 0.170. The molecule has 0 spiro atoms. The van der Waals surface area contributed by atoms with Crippen molar-refractivity contribution in [3.05, 3.63) is 0 Å². The molecule has 0 fully saturated rings. The summed E-state index contributed by atoms with van der Waals surface area (Å²) in [7, 11) is 2.08. The highest BCUT2D eigenvalue weighted by molar-refractivity contribution is 5.85. The number of ether oxygens (including phenoxy) is 1. The molecule has 214 valence electrons. The fourth-order valence-electron chi connectivity index (χ4n) is 4.66. The maximum atomic E-state index is 6.30. The highest BCUT2D eigenvalue weighted by Gasteiger charge is 2.20. The lowest BCUT2D eigenvalue weighted by molar-refractivity contribution is -0.215. The summed E-state index contributed by atoms with van der Waals surface area (Å²) >= 11 is 0. The Morgan fingerprint density at radius 2 is 0.943 bits per heavy atom. The van der Waals surface area contributed by atoms with Gasteiger partial charge in [-0.25, -0.2) is 0 Å². The van der Waals surface area contributed by atoms with Gasteiger partial charge < -0.3 is 4.74 Å². The average Bonchev–Trinajstić information content (AvgIpc) is 2.84. The fourth-order valence-corrected chi connectivity index (χ4v) is 4.66. The molecule has 0 rings (SSSR count). The Labute approximate surface area is 228 Å². The second kappa shape index (κ2) is 30.4. The van der Waals surface area contributed by atoms with Crippen LogP contribution in [0.5, 0.6) is 0 Å². The molecule has 0 aromatic rings. The van der Waals surface area contributed by atoms with Crippen molar-refractivity contribution in [2.75, 3.05) is 20.2 Å². The molecule has 0 aromatic carbocycles. The zero-order valence-electron chi connectivity index (χ0n) is 24.8. The summed E-state index contributed by atoms with van der Waals surface area (Å²) in [5.41, 5.74) is 0. The van der Waals surface area contributed by atoms with Crippen LogP contribution < -0.4 is 0 Å². The van der Waals surface area contributed by atoms with Crippen molar-refractivity contribution in [1.82, 2.24) is 5.06 Å². The molecule has 0 N–H and O–H groups in total. The number of nitrogens with zero attached hydrogens (tertiary/aromatic N) is 1. The van der Waals surface area contributed by atoms with Gasteiger partial charge in [0.1, 0.15) is 6.10 Å². The molecule has 0 saturated carbocycles. The van der Waals surface area contributed by atoms with Crippen molar-refractivity contribution in [3.63, 3.8) is 0 Å². The first-order valence-corrected chi connectivity index (χ1v) is 15.6. The second-order valence-electron chi connectivity index (χ2n) is 10.7. The van der Waals surface area contributed by atoms with E-state index in [1.54, 1.807) is 0 Å². The zero-order valence-corrected chi connectivity index (χ0v) is 25.6. The lowest BCUT2D eigenvalue weighted by atomic mass is 10.0. The van der Waals surface area contributed by atoms with Crippen molar-refractivity contribution in [2.45, 2.75) is 181 Å². The van der Waals surface area contributed by atoms with Gasteiger partial charge in [0.05, 0.1) is 6.10 Å². The Balaban J connectivity index is 0. The summed E-state index contributed by atoms with van der Waals surface area (Å²) in [5, 5.41) is 2.05. The van der Waals surface area contributed by atoms with Gasteiger partial charge in [-0.15, -0.1) is 12.4 Å². The van der Waals surface area contributed by atoms with Crippen LogP contribution in [0.1, 0.15) is 169 Å². The highest BCUT2D eigenvalue weighted by atomic mass is 35.5. The third kappa shape index (κ3) is 27.0. The van der Waals surface area contributed by atoms with Gasteiger partial charge in [0.25, 0.3) is 0 Å². The monoisotopic (exact) mass is 519 g/mol. The maximum Gasteiger partial charge on any atom is 0.105 e. The van der Waals surface area contributed by atoms with E-state index in [1.165, 1.54) is 135 Å². The molecule has 4 heteroatoms. The summed E-state index contributed by atoms with van der Waals surface area (Å²) in [6, 6.07) is 0. The number of rotatable bonds is 28. The minimum Gasteiger partial charge on any atom is -0.376 e. The molecule has 0 radical (unpaired) electrons. The number of hydrogen-bond acceptors (Lipinski definition) is 3. The molecular formula is C31H66ClNO2. The first-order valence-electron chi connectivity index (χ1n) is 15.6. The van der Waals surface area contributed by atoms with E-state index in [0.29, 0.717) is 0 Å². The van der Waals surface area contributed by atoms with Gasteiger partial charge in [-0.2, -0.15) is 5.06 Å². The molecule has 0 bridgehead atoms. The Bertz CT molecular complexity index is 383. The van der Waals surface area contributed by atoms with Crippen LogP contribution in [0.15, 0.2) is 0 Å². The van der Waals surface area contributed by atoms with E-state index in [-0.39, 0.29) is 24.6 Å². The lowest BCUT2D eigenvalue weighted by Crippen LogP contribution is -2.36. The van der Waals surface area contributed by atoms with E-state index in [1.807, 2.05) is 5.06 Å². The fraction of sp³-hybridized carbons (Fsp3) is 1.00. The Morgan fingerprint density at radius 1 is 0.543 bits per heavy atom. The van der Waals surface area contributed by atoms with Crippen molar-refractivity contribution < 1.29 is 9.57 Å². The van der Waals surface area contributed by atoms with Gasteiger partial charge in [-0.1, -0.05) is 143 Å². The third-order valence-electron chi connectivity index (χ3n) is 7.14. The summed E-state index contributed by atoms with van der Waals surface area (Å²) in [5.74, 6) is 0. The van der Waals surface area contributed by atoms with Gasteiger partial charge >= 0.3 is 0 Å². The molecule has 0 saturated heterocycles. The van der Waals surface area contributed by atoms with Crippen LogP contribution in [0.4, 0.5) is 0 Å². The van der Waals surface area contributed by atoms with Crippen LogP contribution in [-0.2, 0) is 9.57 Å². The average molecular weight is 520 g/mol. The normalized spacial score (nSPS) is 13.2. The second-order valence-corrected chi connectivity index (χ2v) is 10.7. The van der Waals surface area contributed by atoms with Crippen LogP contribution in [0, 0.1) is 0 Å². The van der Waals surface area contributed by atoms with Crippen LogP contribution in [0.25, 0.3) is 0 Å². The SMILES string of the molecule is CCCCCCCCCCCCCCCCOC(C)C(CCCCCCC)ON(C)CCCC.Cl. The van der Waals surface area contributed by atoms with Gasteiger partial charge in [-0.05, 0) is 26.2 Å². The maximum absolute atomic E-state index is 6.30. The lowest BCUT2D eigenvalue weighted by Gasteiger charge is -2.29. The van der Waals surface area contributed by atoms with Crippen LogP contribution in [0.2, 0.25) is 0 Å². The summed E-state index contributed by atoms with van der Waals surface area (Å²) in [6.45, 7) is 10.9. The molecular weight excluding hydrogens is 454 g/mol. The van der Waals surface area contributed by atoms with E-state index in [9.17, 15) is 0 Å².